The number of amides is 4. The maximum Gasteiger partial charge on any atom is 0.408 e. The van der Waals surface area contributed by atoms with Crippen LogP contribution < -0.4 is 16.0 Å². The van der Waals surface area contributed by atoms with Crippen molar-refractivity contribution in [3.05, 3.63) is 71.8 Å². The first-order valence-corrected chi connectivity index (χ1v) is 28.2. The van der Waals surface area contributed by atoms with Gasteiger partial charge in [-0.2, -0.15) is 0 Å². The number of carbonyl (C=O) groups excluding carboxylic acids is 5. The Labute approximate surface area is 437 Å². The van der Waals surface area contributed by atoms with Gasteiger partial charge in [-0.1, -0.05) is 222 Å². The predicted octanol–water partition coefficient (Wildman–Crippen LogP) is 9.86. The minimum atomic E-state index is -1.64. The molecule has 0 radical (unpaired) electrons. The summed E-state index contributed by atoms with van der Waals surface area (Å²) in [5.74, 6) is -2.38. The van der Waals surface area contributed by atoms with Crippen molar-refractivity contribution < 1.29 is 53.5 Å². The summed E-state index contributed by atoms with van der Waals surface area (Å²) in [6.45, 7) is 3.42. The molecule has 0 unspecified atom stereocenters. The molecule has 2 aromatic rings. The van der Waals surface area contributed by atoms with E-state index in [4.69, 9.17) is 14.2 Å². The number of nitrogens with zero attached hydrogens (tertiary/aromatic N) is 1. The summed E-state index contributed by atoms with van der Waals surface area (Å²) in [5, 5.41) is 40.4. The number of ether oxygens (including phenoxy) is 3. The van der Waals surface area contributed by atoms with Crippen molar-refractivity contribution in [1.82, 2.24) is 20.9 Å². The lowest BCUT2D eigenvalue weighted by molar-refractivity contribution is -0.231. The number of hydrogen-bond donors (Lipinski definition) is 6. The topological polar surface area (TPSA) is 213 Å². The van der Waals surface area contributed by atoms with Gasteiger partial charge in [0.2, 0.25) is 17.7 Å². The lowest BCUT2D eigenvalue weighted by Crippen LogP contribution is -2.69. The van der Waals surface area contributed by atoms with Gasteiger partial charge in [0.25, 0.3) is 0 Å². The van der Waals surface area contributed by atoms with Crippen LogP contribution in [0.2, 0.25) is 0 Å². The van der Waals surface area contributed by atoms with E-state index in [0.29, 0.717) is 12.8 Å². The number of carbonyl (C=O) groups is 5. The second kappa shape index (κ2) is 39.8. The fourth-order valence-corrected chi connectivity index (χ4v) is 9.25. The number of benzene rings is 2. The van der Waals surface area contributed by atoms with Gasteiger partial charge < -0.3 is 50.4 Å². The molecule has 2 aromatic carbocycles. The Morgan fingerprint density at radius 1 is 0.603 bits per heavy atom. The van der Waals surface area contributed by atoms with Gasteiger partial charge in [0.15, 0.2) is 6.23 Å². The van der Waals surface area contributed by atoms with Crippen molar-refractivity contribution in [3.63, 3.8) is 0 Å². The van der Waals surface area contributed by atoms with Crippen LogP contribution in [0.4, 0.5) is 4.79 Å². The van der Waals surface area contributed by atoms with Crippen molar-refractivity contribution in [1.29, 1.82) is 0 Å². The third kappa shape index (κ3) is 27.5. The average Bonchev–Trinajstić information content (AvgIpc) is 3.40. The Morgan fingerprint density at radius 2 is 1.07 bits per heavy atom. The van der Waals surface area contributed by atoms with Crippen molar-refractivity contribution in [2.24, 2.45) is 0 Å². The van der Waals surface area contributed by atoms with E-state index < -0.39 is 73.7 Å². The van der Waals surface area contributed by atoms with Crippen LogP contribution in [0.1, 0.15) is 205 Å². The summed E-state index contributed by atoms with van der Waals surface area (Å²) in [6.07, 6.45) is 22.1. The number of alkyl carbamates (subject to hydrolysis) is 1. The molecule has 0 bridgehead atoms. The summed E-state index contributed by atoms with van der Waals surface area (Å²) in [4.78, 5) is 68.7. The highest BCUT2D eigenvalue weighted by molar-refractivity contribution is 5.90. The predicted molar refractivity (Wildman–Crippen MR) is 285 cm³/mol. The molecule has 4 amide bonds. The van der Waals surface area contributed by atoms with Crippen molar-refractivity contribution in [3.8, 4) is 0 Å². The van der Waals surface area contributed by atoms with Gasteiger partial charge in [0, 0.05) is 19.4 Å². The molecule has 0 aliphatic carbocycles. The second-order valence-corrected chi connectivity index (χ2v) is 20.0. The number of unbranched alkanes of at least 4 members (excludes halogenated alkanes) is 23. The number of esters is 1. The third-order valence-electron chi connectivity index (χ3n) is 13.7. The van der Waals surface area contributed by atoms with E-state index in [-0.39, 0.29) is 44.9 Å². The quantitative estimate of drug-likeness (QED) is 0.0272. The molecule has 3 rings (SSSR count). The largest absolute Gasteiger partial charge is 0.461 e. The fourth-order valence-electron chi connectivity index (χ4n) is 9.25. The van der Waals surface area contributed by atoms with E-state index in [9.17, 15) is 39.3 Å². The normalized spacial score (nSPS) is 17.8. The highest BCUT2D eigenvalue weighted by atomic mass is 16.6. The highest BCUT2D eigenvalue weighted by Crippen LogP contribution is 2.26. The molecule has 73 heavy (non-hydrogen) atoms. The van der Waals surface area contributed by atoms with E-state index in [1.54, 1.807) is 36.4 Å². The summed E-state index contributed by atoms with van der Waals surface area (Å²) in [5.41, 5.74) is 1.50. The molecule has 6 atom stereocenters. The Kier molecular flexibility index (Phi) is 34.2. The first kappa shape index (κ1) is 62.7. The van der Waals surface area contributed by atoms with Crippen LogP contribution in [-0.4, -0.2) is 106 Å². The van der Waals surface area contributed by atoms with Gasteiger partial charge in [-0.25, -0.2) is 4.79 Å². The standard InChI is InChI=1S/C58H94N4O11/c1-3-5-7-9-11-13-14-15-16-17-18-19-21-23-25-33-41-62(51(65)38-32-24-22-20-12-10-8-6-4-2)57-53(55(68)54(67)49(43-63)73-57)61-50(64)42-59-56(69)48(60-58(70)72-45-47-36-30-27-31-37-47)39-40-52(66)71-44-46-34-28-26-29-35-46/h26-31,34-37,48-49,53-55,57,63,67-68H,3-25,32-33,38-45H2,1-2H3,(H,59,69)(H,60,70)(H,61,64)/t48-,49+,53+,54+,55+,57+/m0/s1. The molecular weight excluding hydrogens is 929 g/mol. The van der Waals surface area contributed by atoms with Crippen LogP contribution in [0.3, 0.4) is 0 Å². The molecular formula is C58H94N4O11. The Balaban J connectivity index is 1.63. The fraction of sp³-hybridized carbons (Fsp3) is 0.707. The Hall–Kier alpha value is -4.57. The van der Waals surface area contributed by atoms with Gasteiger partial charge in [0.05, 0.1) is 13.2 Å². The first-order valence-electron chi connectivity index (χ1n) is 28.2. The summed E-state index contributed by atoms with van der Waals surface area (Å²) in [6, 6.07) is 15.4. The average molecular weight is 1020 g/mol. The minimum absolute atomic E-state index is 0.0243. The van der Waals surface area contributed by atoms with Crippen molar-refractivity contribution in [2.45, 2.75) is 243 Å². The molecule has 0 saturated carbocycles. The summed E-state index contributed by atoms with van der Waals surface area (Å²) < 4.78 is 16.9. The molecule has 412 valence electrons. The Bertz CT molecular complexity index is 1770. The number of aliphatic hydroxyl groups is 3. The molecule has 0 aromatic heterocycles. The first-order chi connectivity index (χ1) is 35.6. The number of nitrogens with one attached hydrogen (secondary N) is 3. The lowest BCUT2D eigenvalue weighted by Gasteiger charge is -2.47. The van der Waals surface area contributed by atoms with Crippen LogP contribution >= 0.6 is 0 Å². The third-order valence-corrected chi connectivity index (χ3v) is 13.7. The zero-order chi connectivity index (χ0) is 52.7. The van der Waals surface area contributed by atoms with Crippen molar-refractivity contribution in [2.75, 3.05) is 19.7 Å². The molecule has 15 heteroatoms. The lowest BCUT2D eigenvalue weighted by atomic mass is 9.94. The van der Waals surface area contributed by atoms with Crippen LogP contribution in [0, 0.1) is 0 Å². The molecule has 1 saturated heterocycles. The molecule has 1 heterocycles. The van der Waals surface area contributed by atoms with Gasteiger partial charge >= 0.3 is 12.1 Å². The van der Waals surface area contributed by atoms with Crippen molar-refractivity contribution >= 4 is 29.8 Å². The molecule has 0 spiro atoms. The monoisotopic (exact) mass is 1020 g/mol. The molecule has 6 N–H and O–H groups in total. The number of aliphatic hydroxyl groups excluding tert-OH is 3. The number of hydrogen-bond acceptors (Lipinski definition) is 11. The smallest absolute Gasteiger partial charge is 0.408 e. The van der Waals surface area contributed by atoms with Crippen LogP contribution in [0.15, 0.2) is 60.7 Å². The summed E-state index contributed by atoms with van der Waals surface area (Å²) in [7, 11) is 0. The molecule has 1 aliphatic heterocycles. The van der Waals surface area contributed by atoms with E-state index in [1.165, 1.54) is 108 Å². The SMILES string of the molecule is CCCCCCCCCCCCCCCCCCN(C(=O)CCCCCCCCCCC)[C@@H]1O[C@H](CO)[C@@H](O)[C@H](O)[C@H]1NC(=O)CNC(=O)[C@H](CCC(=O)OCc1ccccc1)NC(=O)OCc1ccccc1. The molecule has 1 fully saturated rings. The minimum Gasteiger partial charge on any atom is -0.461 e. The summed E-state index contributed by atoms with van der Waals surface area (Å²) >= 11 is 0. The van der Waals surface area contributed by atoms with E-state index in [2.05, 4.69) is 29.8 Å². The zero-order valence-electron chi connectivity index (χ0n) is 44.6. The second-order valence-electron chi connectivity index (χ2n) is 20.0. The van der Waals surface area contributed by atoms with E-state index in [1.807, 2.05) is 24.3 Å². The number of rotatable bonds is 41. The maximum atomic E-state index is 14.2. The van der Waals surface area contributed by atoms with Crippen LogP contribution in [0.25, 0.3) is 0 Å². The van der Waals surface area contributed by atoms with Gasteiger partial charge in [-0.3, -0.25) is 19.2 Å². The maximum absolute atomic E-state index is 14.2. The van der Waals surface area contributed by atoms with Gasteiger partial charge in [-0.05, 0) is 30.4 Å². The van der Waals surface area contributed by atoms with E-state index >= 15 is 0 Å². The molecule has 15 nitrogen and oxygen atoms in total. The zero-order valence-corrected chi connectivity index (χ0v) is 44.6. The van der Waals surface area contributed by atoms with Gasteiger partial charge in [0.1, 0.15) is 43.6 Å². The highest BCUT2D eigenvalue weighted by Gasteiger charge is 2.48. The van der Waals surface area contributed by atoms with Crippen LogP contribution in [0.5, 0.6) is 0 Å². The van der Waals surface area contributed by atoms with E-state index in [0.717, 1.165) is 56.1 Å². The molecule has 1 aliphatic rings. The van der Waals surface area contributed by atoms with Crippen LogP contribution in [-0.2, 0) is 46.6 Å². The van der Waals surface area contributed by atoms with Gasteiger partial charge in [-0.15, -0.1) is 0 Å². The Morgan fingerprint density at radius 3 is 1.56 bits per heavy atom.